The predicted molar refractivity (Wildman–Crippen MR) is 76.9 cm³/mol. The normalized spacial score (nSPS) is 10.2. The van der Waals surface area contributed by atoms with Gasteiger partial charge >= 0.3 is 0 Å². The minimum absolute atomic E-state index is 0.0866. The van der Waals surface area contributed by atoms with Crippen LogP contribution in [0.2, 0.25) is 0 Å². The van der Waals surface area contributed by atoms with Crippen LogP contribution in [0, 0.1) is 5.82 Å². The van der Waals surface area contributed by atoms with Crippen molar-refractivity contribution in [2.24, 2.45) is 0 Å². The van der Waals surface area contributed by atoms with Crippen LogP contribution in [0.5, 0.6) is 5.75 Å². The summed E-state index contributed by atoms with van der Waals surface area (Å²) in [6, 6.07) is 12.2. The van der Waals surface area contributed by atoms with Crippen molar-refractivity contribution in [2.45, 2.75) is 6.54 Å². The number of rotatable bonds is 5. The lowest BCUT2D eigenvalue weighted by Gasteiger charge is -2.21. The SMILES string of the molecule is COc1ccc(CN(C)c2cccc(F)c2C=O)cc1. The van der Waals surface area contributed by atoms with Gasteiger partial charge in [0.1, 0.15) is 11.6 Å². The Morgan fingerprint density at radius 2 is 1.90 bits per heavy atom. The smallest absolute Gasteiger partial charge is 0.155 e. The molecule has 4 heteroatoms. The zero-order chi connectivity index (χ0) is 14.5. The molecule has 0 heterocycles. The lowest BCUT2D eigenvalue weighted by Crippen LogP contribution is -2.18. The van der Waals surface area contributed by atoms with E-state index in [1.807, 2.05) is 36.2 Å². The van der Waals surface area contributed by atoms with Gasteiger partial charge in [0.2, 0.25) is 0 Å². The Kier molecular flexibility index (Phi) is 4.35. The maximum Gasteiger partial charge on any atom is 0.155 e. The van der Waals surface area contributed by atoms with Crippen molar-refractivity contribution in [1.29, 1.82) is 0 Å². The molecule has 3 nitrogen and oxygen atoms in total. The predicted octanol–water partition coefficient (Wildman–Crippen LogP) is 3.28. The van der Waals surface area contributed by atoms with E-state index < -0.39 is 5.82 Å². The third-order valence-electron chi connectivity index (χ3n) is 3.14. The van der Waals surface area contributed by atoms with E-state index in [0.29, 0.717) is 18.5 Å². The average molecular weight is 273 g/mol. The summed E-state index contributed by atoms with van der Waals surface area (Å²) in [7, 11) is 3.44. The quantitative estimate of drug-likeness (QED) is 0.783. The fraction of sp³-hybridized carbons (Fsp3) is 0.188. The van der Waals surface area contributed by atoms with Gasteiger partial charge in [0.25, 0.3) is 0 Å². The molecule has 20 heavy (non-hydrogen) atoms. The van der Waals surface area contributed by atoms with Gasteiger partial charge in [-0.15, -0.1) is 0 Å². The molecule has 0 unspecified atom stereocenters. The molecule has 0 bridgehead atoms. The highest BCUT2D eigenvalue weighted by molar-refractivity contribution is 5.84. The number of aldehydes is 1. The van der Waals surface area contributed by atoms with Crippen molar-refractivity contribution in [3.05, 3.63) is 59.4 Å². The molecule has 0 saturated carbocycles. The van der Waals surface area contributed by atoms with E-state index in [1.54, 1.807) is 19.2 Å². The van der Waals surface area contributed by atoms with Crippen LogP contribution in [-0.2, 0) is 6.54 Å². The zero-order valence-corrected chi connectivity index (χ0v) is 11.5. The molecule has 0 atom stereocenters. The van der Waals surface area contributed by atoms with E-state index in [0.717, 1.165) is 11.3 Å². The zero-order valence-electron chi connectivity index (χ0n) is 11.5. The van der Waals surface area contributed by atoms with E-state index >= 15 is 0 Å². The number of ether oxygens (including phenoxy) is 1. The molecule has 2 aromatic carbocycles. The second-order valence-corrected chi connectivity index (χ2v) is 4.49. The van der Waals surface area contributed by atoms with Crippen molar-refractivity contribution in [3.8, 4) is 5.75 Å². The van der Waals surface area contributed by atoms with Crippen LogP contribution in [0.1, 0.15) is 15.9 Å². The summed E-state index contributed by atoms with van der Waals surface area (Å²) in [6.45, 7) is 0.578. The van der Waals surface area contributed by atoms with E-state index in [9.17, 15) is 9.18 Å². The number of anilines is 1. The minimum atomic E-state index is -0.501. The third kappa shape index (κ3) is 2.96. The Morgan fingerprint density at radius 3 is 2.50 bits per heavy atom. The second kappa shape index (κ2) is 6.19. The van der Waals surface area contributed by atoms with E-state index in [-0.39, 0.29) is 5.56 Å². The molecule has 0 aliphatic heterocycles. The van der Waals surface area contributed by atoms with E-state index in [1.165, 1.54) is 6.07 Å². The highest BCUT2D eigenvalue weighted by atomic mass is 19.1. The first kappa shape index (κ1) is 14.1. The van der Waals surface area contributed by atoms with E-state index in [4.69, 9.17) is 4.74 Å². The van der Waals surface area contributed by atoms with Crippen LogP contribution in [0.3, 0.4) is 0 Å². The largest absolute Gasteiger partial charge is 0.497 e. The first-order chi connectivity index (χ1) is 9.65. The summed E-state index contributed by atoms with van der Waals surface area (Å²) in [5.74, 6) is 0.287. The maximum atomic E-state index is 13.6. The van der Waals surface area contributed by atoms with Crippen molar-refractivity contribution in [1.82, 2.24) is 0 Å². The average Bonchev–Trinajstić information content (AvgIpc) is 2.47. The van der Waals surface area contributed by atoms with Crippen molar-refractivity contribution < 1.29 is 13.9 Å². The van der Waals surface area contributed by atoms with Gasteiger partial charge in [0.05, 0.1) is 18.4 Å². The lowest BCUT2D eigenvalue weighted by molar-refractivity contribution is 0.112. The molecule has 0 spiro atoms. The fourth-order valence-corrected chi connectivity index (χ4v) is 2.07. The first-order valence-electron chi connectivity index (χ1n) is 6.23. The number of halogens is 1. The highest BCUT2D eigenvalue weighted by Gasteiger charge is 2.11. The molecule has 2 rings (SSSR count). The Hall–Kier alpha value is -2.36. The van der Waals surface area contributed by atoms with Gasteiger partial charge in [0.15, 0.2) is 6.29 Å². The Bertz CT molecular complexity index is 596. The molecule has 0 aromatic heterocycles. The van der Waals surface area contributed by atoms with Crippen LogP contribution < -0.4 is 9.64 Å². The molecular formula is C16H16FNO2. The summed E-state index contributed by atoms with van der Waals surface area (Å²) in [4.78, 5) is 12.8. The summed E-state index contributed by atoms with van der Waals surface area (Å²) in [6.07, 6.45) is 0.551. The van der Waals surface area contributed by atoms with Crippen LogP contribution in [0.25, 0.3) is 0 Å². The van der Waals surface area contributed by atoms with Crippen LogP contribution in [0.15, 0.2) is 42.5 Å². The third-order valence-corrected chi connectivity index (χ3v) is 3.14. The summed E-state index contributed by atoms with van der Waals surface area (Å²) >= 11 is 0. The molecule has 2 aromatic rings. The van der Waals surface area contributed by atoms with Crippen molar-refractivity contribution in [3.63, 3.8) is 0 Å². The summed E-state index contributed by atoms with van der Waals surface area (Å²) < 4.78 is 18.7. The fourth-order valence-electron chi connectivity index (χ4n) is 2.07. The summed E-state index contributed by atoms with van der Waals surface area (Å²) in [5.41, 5.74) is 1.72. The standard InChI is InChI=1S/C16H16FNO2/c1-18(10-12-6-8-13(20-2)9-7-12)16-5-3-4-15(17)14(16)11-19/h3-9,11H,10H2,1-2H3. The number of carbonyl (C=O) groups is 1. The molecule has 0 amide bonds. The Labute approximate surface area is 117 Å². The number of methoxy groups -OCH3 is 1. The number of carbonyl (C=O) groups excluding carboxylic acids is 1. The molecular weight excluding hydrogens is 257 g/mol. The number of hydrogen-bond donors (Lipinski definition) is 0. The lowest BCUT2D eigenvalue weighted by atomic mass is 10.1. The van der Waals surface area contributed by atoms with Gasteiger partial charge in [-0.3, -0.25) is 4.79 Å². The molecule has 104 valence electrons. The molecule has 0 aliphatic carbocycles. The minimum Gasteiger partial charge on any atom is -0.497 e. The Morgan fingerprint density at radius 1 is 1.20 bits per heavy atom. The molecule has 0 aliphatic rings. The number of hydrogen-bond acceptors (Lipinski definition) is 3. The van der Waals surface area contributed by atoms with Gasteiger partial charge in [0, 0.05) is 13.6 Å². The second-order valence-electron chi connectivity index (χ2n) is 4.49. The monoisotopic (exact) mass is 273 g/mol. The molecule has 0 N–H and O–H groups in total. The van der Waals surface area contributed by atoms with Gasteiger partial charge in [-0.25, -0.2) is 4.39 Å². The van der Waals surface area contributed by atoms with Gasteiger partial charge in [-0.1, -0.05) is 18.2 Å². The molecule has 0 fully saturated rings. The Balaban J connectivity index is 2.21. The van der Waals surface area contributed by atoms with Crippen molar-refractivity contribution >= 4 is 12.0 Å². The highest BCUT2D eigenvalue weighted by Crippen LogP contribution is 2.22. The maximum absolute atomic E-state index is 13.6. The van der Waals surface area contributed by atoms with Crippen LogP contribution >= 0.6 is 0 Å². The first-order valence-corrected chi connectivity index (χ1v) is 6.23. The van der Waals surface area contributed by atoms with E-state index in [2.05, 4.69) is 0 Å². The van der Waals surface area contributed by atoms with Gasteiger partial charge in [-0.2, -0.15) is 0 Å². The summed E-state index contributed by atoms with van der Waals surface area (Å²) in [5, 5.41) is 0. The molecule has 0 radical (unpaired) electrons. The van der Waals surface area contributed by atoms with Crippen LogP contribution in [-0.4, -0.2) is 20.4 Å². The van der Waals surface area contributed by atoms with Crippen LogP contribution in [0.4, 0.5) is 10.1 Å². The van der Waals surface area contributed by atoms with Crippen molar-refractivity contribution in [2.75, 3.05) is 19.1 Å². The number of nitrogens with zero attached hydrogens (tertiary/aromatic N) is 1. The van der Waals surface area contributed by atoms with Gasteiger partial charge in [-0.05, 0) is 29.8 Å². The van der Waals surface area contributed by atoms with Gasteiger partial charge < -0.3 is 9.64 Å². The molecule has 0 saturated heterocycles. The topological polar surface area (TPSA) is 29.5 Å². The number of benzene rings is 2.